The van der Waals surface area contributed by atoms with Crippen LogP contribution < -0.4 is 0 Å². The number of carbonyl (C=O) groups excluding carboxylic acids is 1. The van der Waals surface area contributed by atoms with Gasteiger partial charge >= 0.3 is 0 Å². The fraction of sp³-hybridized carbons (Fsp3) is 0.824. The van der Waals surface area contributed by atoms with Gasteiger partial charge in [0.15, 0.2) is 0 Å². The second-order valence-corrected chi connectivity index (χ2v) is 6.73. The highest BCUT2D eigenvalue weighted by Crippen LogP contribution is 2.29. The number of hydrogen-bond acceptors (Lipinski definition) is 4. The molecular weight excluding hydrogens is 276 g/mol. The van der Waals surface area contributed by atoms with Crippen molar-refractivity contribution in [3.05, 3.63) is 0 Å². The van der Waals surface area contributed by atoms with Crippen molar-refractivity contribution in [3.63, 3.8) is 0 Å². The van der Waals surface area contributed by atoms with Gasteiger partial charge in [-0.3, -0.25) is 14.7 Å². The minimum Gasteiger partial charge on any atom is -0.331 e. The van der Waals surface area contributed by atoms with Crippen molar-refractivity contribution in [3.8, 4) is 0 Å². The number of carbonyl (C=O) groups is 1. The van der Waals surface area contributed by atoms with Gasteiger partial charge in [-0.15, -0.1) is 0 Å². The summed E-state index contributed by atoms with van der Waals surface area (Å²) in [5.74, 6) is 1.00. The Labute approximate surface area is 134 Å². The lowest BCUT2D eigenvalue weighted by atomic mass is 9.93. The van der Waals surface area contributed by atoms with Crippen LogP contribution in [0.15, 0.2) is 9.98 Å². The van der Waals surface area contributed by atoms with Crippen molar-refractivity contribution in [2.24, 2.45) is 9.98 Å². The van der Waals surface area contributed by atoms with Gasteiger partial charge in [0.25, 0.3) is 0 Å². The van der Waals surface area contributed by atoms with E-state index in [9.17, 15) is 4.79 Å². The summed E-state index contributed by atoms with van der Waals surface area (Å²) < 4.78 is 0. The van der Waals surface area contributed by atoms with Crippen molar-refractivity contribution >= 4 is 18.0 Å². The van der Waals surface area contributed by atoms with Gasteiger partial charge in [0.05, 0.1) is 13.1 Å². The smallest absolute Gasteiger partial charge is 0.237 e. The van der Waals surface area contributed by atoms with Crippen molar-refractivity contribution in [1.29, 1.82) is 0 Å². The lowest BCUT2D eigenvalue weighted by Gasteiger charge is -2.48. The Balaban J connectivity index is 0.000000545. The first-order chi connectivity index (χ1) is 10.5. The van der Waals surface area contributed by atoms with E-state index in [1.54, 1.807) is 0 Å². The highest BCUT2D eigenvalue weighted by molar-refractivity contribution is 5.95. The summed E-state index contributed by atoms with van der Waals surface area (Å²) in [6.45, 7) is 8.23. The van der Waals surface area contributed by atoms with Crippen molar-refractivity contribution in [2.75, 3.05) is 26.7 Å². The van der Waals surface area contributed by atoms with Gasteiger partial charge in [0, 0.05) is 25.8 Å². The molecule has 0 aromatic heterocycles. The summed E-state index contributed by atoms with van der Waals surface area (Å²) in [7, 11) is 1.89. The molecule has 0 radical (unpaired) electrons. The largest absolute Gasteiger partial charge is 0.331 e. The molecule has 1 saturated carbocycles. The van der Waals surface area contributed by atoms with E-state index >= 15 is 0 Å². The van der Waals surface area contributed by atoms with Crippen LogP contribution in [0.4, 0.5) is 0 Å². The third kappa shape index (κ3) is 3.57. The molecule has 124 valence electrons. The molecule has 0 N–H and O–H groups in total. The molecule has 1 atom stereocenters. The maximum atomic E-state index is 12.3. The Morgan fingerprint density at radius 2 is 1.95 bits per heavy atom. The first-order valence-electron chi connectivity index (χ1n) is 8.59. The van der Waals surface area contributed by atoms with E-state index < -0.39 is 0 Å². The molecule has 2 aliphatic heterocycles. The van der Waals surface area contributed by atoms with Gasteiger partial charge < -0.3 is 4.90 Å². The highest BCUT2D eigenvalue weighted by Gasteiger charge is 2.45. The number of likely N-dealkylation sites (N-methyl/N-ethyl adjacent to an activating group) is 1. The molecule has 1 spiro atoms. The number of hydrogen-bond donors (Lipinski definition) is 0. The Morgan fingerprint density at radius 1 is 1.32 bits per heavy atom. The summed E-state index contributed by atoms with van der Waals surface area (Å²) in [6, 6.07) is 0.579. The summed E-state index contributed by atoms with van der Waals surface area (Å²) in [5.41, 5.74) is -0.322. The van der Waals surface area contributed by atoms with Crippen molar-refractivity contribution in [1.82, 2.24) is 9.80 Å². The van der Waals surface area contributed by atoms with Crippen LogP contribution in [0.25, 0.3) is 0 Å². The summed E-state index contributed by atoms with van der Waals surface area (Å²) in [5, 5.41) is 0. The zero-order valence-corrected chi connectivity index (χ0v) is 14.5. The van der Waals surface area contributed by atoms with Gasteiger partial charge in [0.2, 0.25) is 5.91 Å². The summed E-state index contributed by atoms with van der Waals surface area (Å²) in [6.07, 6.45) is 8.24. The van der Waals surface area contributed by atoms with Crippen LogP contribution in [-0.4, -0.2) is 66.0 Å². The summed E-state index contributed by atoms with van der Waals surface area (Å²) >= 11 is 0. The van der Waals surface area contributed by atoms with Crippen LogP contribution in [0.3, 0.4) is 0 Å². The minimum atomic E-state index is -0.322. The molecule has 1 saturated heterocycles. The van der Waals surface area contributed by atoms with E-state index in [4.69, 9.17) is 0 Å². The number of aliphatic imine (C=N–C) groups is 2. The zero-order chi connectivity index (χ0) is 16.2. The van der Waals surface area contributed by atoms with Gasteiger partial charge in [-0.25, -0.2) is 4.99 Å². The van der Waals surface area contributed by atoms with Gasteiger partial charge in [-0.2, -0.15) is 0 Å². The van der Waals surface area contributed by atoms with E-state index in [0.717, 1.165) is 12.4 Å². The standard InChI is InChI=1S/C14H22N4O.C3H8/c1-11-15-8-14(9-16-11)10-18(7-13(19)17(14)2)12-5-3-4-6-12;1-3-2/h8,12H,3-7,9-10H2,1-2H3;3H2,1-2H3. The Kier molecular flexibility index (Phi) is 5.73. The predicted molar refractivity (Wildman–Crippen MR) is 91.8 cm³/mol. The topological polar surface area (TPSA) is 48.3 Å². The molecule has 0 bridgehead atoms. The first-order valence-corrected chi connectivity index (χ1v) is 8.59. The Hall–Kier alpha value is -1.23. The molecule has 1 amide bonds. The maximum absolute atomic E-state index is 12.3. The average molecular weight is 306 g/mol. The highest BCUT2D eigenvalue weighted by atomic mass is 16.2. The van der Waals surface area contributed by atoms with E-state index in [1.165, 1.54) is 32.1 Å². The van der Waals surface area contributed by atoms with Crippen LogP contribution in [0, 0.1) is 0 Å². The minimum absolute atomic E-state index is 0.194. The fourth-order valence-electron chi connectivity index (χ4n) is 3.40. The second kappa shape index (κ2) is 7.36. The normalized spacial score (nSPS) is 29.5. The predicted octanol–water partition coefficient (Wildman–Crippen LogP) is 2.36. The van der Waals surface area contributed by atoms with Crippen LogP contribution in [0.1, 0.15) is 52.9 Å². The van der Waals surface area contributed by atoms with E-state index in [-0.39, 0.29) is 11.4 Å². The van der Waals surface area contributed by atoms with Crippen molar-refractivity contribution in [2.45, 2.75) is 64.5 Å². The lowest BCUT2D eigenvalue weighted by molar-refractivity contribution is -0.141. The molecule has 5 heteroatoms. The monoisotopic (exact) mass is 306 g/mol. The lowest BCUT2D eigenvalue weighted by Crippen LogP contribution is -2.67. The SMILES string of the molecule is CC1=NCC2(C=N1)CN(C1CCCC1)CC(=O)N2C.CCC. The molecule has 3 rings (SSSR count). The van der Waals surface area contributed by atoms with Gasteiger partial charge in [-0.1, -0.05) is 33.1 Å². The van der Waals surface area contributed by atoms with Crippen LogP contribution in [0.2, 0.25) is 0 Å². The number of nitrogens with zero attached hydrogens (tertiary/aromatic N) is 4. The fourth-order valence-corrected chi connectivity index (χ4v) is 3.40. The van der Waals surface area contributed by atoms with Crippen LogP contribution in [0.5, 0.6) is 0 Å². The Morgan fingerprint density at radius 3 is 2.50 bits per heavy atom. The van der Waals surface area contributed by atoms with Gasteiger partial charge in [-0.05, 0) is 19.8 Å². The van der Waals surface area contributed by atoms with E-state index in [0.29, 0.717) is 19.1 Å². The number of amides is 1. The number of rotatable bonds is 1. The third-order valence-corrected chi connectivity index (χ3v) is 4.77. The Bertz CT molecular complexity index is 454. The maximum Gasteiger partial charge on any atom is 0.237 e. The zero-order valence-electron chi connectivity index (χ0n) is 14.5. The molecule has 0 aromatic carbocycles. The molecular formula is C17H30N4O. The van der Waals surface area contributed by atoms with Crippen molar-refractivity contribution < 1.29 is 4.79 Å². The first kappa shape index (κ1) is 17.1. The molecule has 22 heavy (non-hydrogen) atoms. The third-order valence-electron chi connectivity index (χ3n) is 4.77. The average Bonchev–Trinajstić information content (AvgIpc) is 3.02. The quantitative estimate of drug-likeness (QED) is 0.746. The molecule has 1 unspecified atom stereocenters. The van der Waals surface area contributed by atoms with Gasteiger partial charge in [0.1, 0.15) is 11.4 Å². The molecule has 1 aliphatic carbocycles. The van der Waals surface area contributed by atoms with E-state index in [1.807, 2.05) is 25.1 Å². The molecule has 2 fully saturated rings. The van der Waals surface area contributed by atoms with E-state index in [2.05, 4.69) is 28.7 Å². The molecule has 5 nitrogen and oxygen atoms in total. The number of piperazine rings is 1. The molecule has 0 aromatic rings. The molecule has 3 aliphatic rings. The molecule has 2 heterocycles. The summed E-state index contributed by atoms with van der Waals surface area (Å²) in [4.78, 5) is 25.3. The second-order valence-electron chi connectivity index (χ2n) is 6.73. The number of amidine groups is 1. The van der Waals surface area contributed by atoms with Crippen LogP contribution >= 0.6 is 0 Å². The van der Waals surface area contributed by atoms with Crippen LogP contribution in [-0.2, 0) is 4.79 Å².